The van der Waals surface area contributed by atoms with Gasteiger partial charge in [-0.2, -0.15) is 5.26 Å². The van der Waals surface area contributed by atoms with Crippen molar-refractivity contribution >= 4 is 46.3 Å². The molecule has 5 rings (SSSR count). The molecular weight excluding hydrogens is 570 g/mol. The summed E-state index contributed by atoms with van der Waals surface area (Å²) < 4.78 is 0. The summed E-state index contributed by atoms with van der Waals surface area (Å²) in [5, 5.41) is 10.2. The number of rotatable bonds is 7. The molecule has 4 heterocycles. The van der Waals surface area contributed by atoms with Crippen LogP contribution in [0.2, 0.25) is 5.02 Å². The van der Waals surface area contributed by atoms with Gasteiger partial charge in [0.1, 0.15) is 6.07 Å². The van der Waals surface area contributed by atoms with Crippen molar-refractivity contribution in [1.29, 1.82) is 5.26 Å². The number of nitriles is 1. The largest absolute Gasteiger partial charge is 0.343 e. The number of carbonyl (C=O) groups is 3. The number of aryl methyl sites for hydroxylation is 3. The summed E-state index contributed by atoms with van der Waals surface area (Å²) in [6.07, 6.45) is 2.20. The third-order valence-corrected chi connectivity index (χ3v) is 10.7. The zero-order chi connectivity index (χ0) is 30.1. The summed E-state index contributed by atoms with van der Waals surface area (Å²) >= 11 is 7.98. The van der Waals surface area contributed by atoms with Crippen LogP contribution < -0.4 is 4.90 Å². The first kappa shape index (κ1) is 30.5. The number of hydrogen-bond acceptors (Lipinski definition) is 6. The van der Waals surface area contributed by atoms with E-state index >= 15 is 0 Å². The number of halogens is 1. The minimum atomic E-state index is -0.104. The van der Waals surface area contributed by atoms with Gasteiger partial charge in [-0.15, -0.1) is 11.3 Å². The van der Waals surface area contributed by atoms with Gasteiger partial charge in [0.15, 0.2) is 0 Å². The average Bonchev–Trinajstić information content (AvgIpc) is 3.62. The van der Waals surface area contributed by atoms with Crippen LogP contribution in [0.25, 0.3) is 0 Å². The average molecular weight is 610 g/mol. The highest BCUT2D eigenvalue weighted by Crippen LogP contribution is 2.35. The quantitative estimate of drug-likeness (QED) is 0.446. The van der Waals surface area contributed by atoms with Crippen molar-refractivity contribution in [1.82, 2.24) is 14.7 Å². The fraction of sp³-hybridized carbons (Fsp3) is 0.562. The molecule has 2 aromatic rings. The zero-order valence-corrected chi connectivity index (χ0v) is 26.6. The summed E-state index contributed by atoms with van der Waals surface area (Å²) in [6, 6.07) is 8.06. The molecule has 3 amide bonds. The Bertz CT molecular complexity index is 1400. The molecule has 3 aliphatic rings. The maximum Gasteiger partial charge on any atom is 0.256 e. The van der Waals surface area contributed by atoms with Crippen LogP contribution in [0.5, 0.6) is 0 Å². The molecule has 0 saturated carbocycles. The smallest absolute Gasteiger partial charge is 0.256 e. The van der Waals surface area contributed by atoms with E-state index in [4.69, 9.17) is 11.6 Å². The van der Waals surface area contributed by atoms with Crippen LogP contribution in [-0.4, -0.2) is 84.8 Å². The lowest BCUT2D eigenvalue weighted by atomic mass is 9.94. The van der Waals surface area contributed by atoms with Gasteiger partial charge in [0.2, 0.25) is 11.8 Å². The molecule has 0 N–H and O–H groups in total. The van der Waals surface area contributed by atoms with E-state index in [0.717, 1.165) is 60.1 Å². The topological polar surface area (TPSA) is 88.0 Å². The van der Waals surface area contributed by atoms with Crippen molar-refractivity contribution in [2.24, 2.45) is 17.8 Å². The Morgan fingerprint density at radius 2 is 1.69 bits per heavy atom. The molecule has 0 aliphatic carbocycles. The molecular formula is C32H40ClN5O3S. The number of piperidine rings is 1. The van der Waals surface area contributed by atoms with Crippen LogP contribution in [0, 0.1) is 49.9 Å². The molecule has 3 aliphatic heterocycles. The van der Waals surface area contributed by atoms with Gasteiger partial charge >= 0.3 is 0 Å². The van der Waals surface area contributed by atoms with Gasteiger partial charge in [0.05, 0.1) is 11.1 Å². The van der Waals surface area contributed by atoms with Gasteiger partial charge in [-0.3, -0.25) is 14.4 Å². The Labute approximate surface area is 257 Å². The molecule has 2 atom stereocenters. The molecule has 2 unspecified atom stereocenters. The van der Waals surface area contributed by atoms with Crippen molar-refractivity contribution < 1.29 is 14.4 Å². The summed E-state index contributed by atoms with van der Waals surface area (Å²) in [5.41, 5.74) is 2.92. The number of benzene rings is 1. The van der Waals surface area contributed by atoms with Crippen molar-refractivity contribution in [2.45, 2.75) is 47.0 Å². The molecule has 0 bridgehead atoms. The van der Waals surface area contributed by atoms with Crippen molar-refractivity contribution in [3.8, 4) is 6.07 Å². The number of fused-ring (bicyclic) bond motifs is 1. The Morgan fingerprint density at radius 3 is 2.29 bits per heavy atom. The molecule has 224 valence electrons. The standard InChI is InChI=1S/C32H40ClN5O3S/c1-20-6-7-27(14-29(20)33)38(31(40)24-8-12-36(13-9-24)23(4)39)11-5-10-35-16-25-18-37(19-26(25)17-35)32(41)30-22(3)42-21(2)28(30)15-34/h6-7,14,24-26H,5,8-13,16-19H2,1-4H3. The zero-order valence-electron chi connectivity index (χ0n) is 25.0. The fourth-order valence-corrected chi connectivity index (χ4v) is 8.08. The van der Waals surface area contributed by atoms with Crippen LogP contribution in [0.3, 0.4) is 0 Å². The first-order chi connectivity index (χ1) is 20.1. The lowest BCUT2D eigenvalue weighted by Gasteiger charge is -2.34. The summed E-state index contributed by atoms with van der Waals surface area (Å²) in [7, 11) is 0. The van der Waals surface area contributed by atoms with Crippen molar-refractivity contribution in [2.75, 3.05) is 57.3 Å². The molecule has 3 saturated heterocycles. The lowest BCUT2D eigenvalue weighted by Crippen LogP contribution is -2.44. The summed E-state index contributed by atoms with van der Waals surface area (Å²) in [4.78, 5) is 48.8. The molecule has 10 heteroatoms. The lowest BCUT2D eigenvalue weighted by molar-refractivity contribution is -0.133. The first-order valence-electron chi connectivity index (χ1n) is 14.9. The predicted molar refractivity (Wildman–Crippen MR) is 166 cm³/mol. The Hall–Kier alpha value is -2.93. The second kappa shape index (κ2) is 12.7. The molecule has 8 nitrogen and oxygen atoms in total. The predicted octanol–water partition coefficient (Wildman–Crippen LogP) is 4.88. The van der Waals surface area contributed by atoms with E-state index in [1.54, 1.807) is 6.92 Å². The highest BCUT2D eigenvalue weighted by molar-refractivity contribution is 7.12. The van der Waals surface area contributed by atoms with E-state index in [9.17, 15) is 19.6 Å². The third kappa shape index (κ3) is 6.22. The van der Waals surface area contributed by atoms with Gasteiger partial charge in [-0.05, 0) is 76.1 Å². The van der Waals surface area contributed by atoms with Gasteiger partial charge < -0.3 is 19.6 Å². The molecule has 0 spiro atoms. The number of carbonyl (C=O) groups excluding carboxylic acids is 3. The van der Waals surface area contributed by atoms with Crippen LogP contribution >= 0.6 is 22.9 Å². The van der Waals surface area contributed by atoms with Gasteiger partial charge in [-0.25, -0.2) is 0 Å². The Kier molecular flexibility index (Phi) is 9.26. The highest BCUT2D eigenvalue weighted by atomic mass is 35.5. The number of anilines is 1. The van der Waals surface area contributed by atoms with Crippen LogP contribution in [0.15, 0.2) is 18.2 Å². The van der Waals surface area contributed by atoms with Crippen molar-refractivity contribution in [3.63, 3.8) is 0 Å². The van der Waals surface area contributed by atoms with E-state index in [1.165, 1.54) is 11.3 Å². The number of thiophene rings is 1. The summed E-state index contributed by atoms with van der Waals surface area (Å²) in [6.45, 7) is 13.4. The highest BCUT2D eigenvalue weighted by Gasteiger charge is 2.42. The van der Waals surface area contributed by atoms with E-state index in [-0.39, 0.29) is 23.6 Å². The number of amides is 3. The van der Waals surface area contributed by atoms with Gasteiger partial charge in [-0.1, -0.05) is 17.7 Å². The number of hydrogen-bond donors (Lipinski definition) is 0. The third-order valence-electron chi connectivity index (χ3n) is 9.31. The second-order valence-corrected chi connectivity index (χ2v) is 14.0. The minimum absolute atomic E-state index is 0.00519. The van der Waals surface area contributed by atoms with Gasteiger partial charge in [0, 0.05) is 79.1 Å². The maximum atomic E-state index is 13.8. The van der Waals surface area contributed by atoms with Gasteiger partial charge in [0.25, 0.3) is 5.91 Å². The number of likely N-dealkylation sites (tertiary alicyclic amines) is 3. The van der Waals surface area contributed by atoms with Crippen LogP contribution in [0.4, 0.5) is 5.69 Å². The SMILES string of the molecule is CC(=O)N1CCC(C(=O)N(CCCN2CC3CN(C(=O)c4c(C)sc(C)c4C#N)CC3C2)c2ccc(C)c(Cl)c2)CC1. The summed E-state index contributed by atoms with van der Waals surface area (Å²) in [5.74, 6) is 0.928. The molecule has 1 aromatic heterocycles. The first-order valence-corrected chi connectivity index (χ1v) is 16.1. The number of nitrogens with zero attached hydrogens (tertiary/aromatic N) is 5. The van der Waals surface area contributed by atoms with Crippen LogP contribution in [0.1, 0.15) is 57.4 Å². The molecule has 1 aromatic carbocycles. The fourth-order valence-electron chi connectivity index (χ4n) is 6.90. The second-order valence-electron chi connectivity index (χ2n) is 12.1. The van der Waals surface area contributed by atoms with Crippen molar-refractivity contribution in [3.05, 3.63) is 49.7 Å². The van der Waals surface area contributed by atoms with E-state index in [0.29, 0.717) is 60.5 Å². The maximum absolute atomic E-state index is 13.8. The van der Waals surface area contributed by atoms with E-state index in [2.05, 4.69) is 11.0 Å². The molecule has 0 radical (unpaired) electrons. The molecule has 42 heavy (non-hydrogen) atoms. The normalized spacial score (nSPS) is 21.0. The van der Waals surface area contributed by atoms with E-state index in [1.807, 2.05) is 53.7 Å². The van der Waals surface area contributed by atoms with E-state index < -0.39 is 0 Å². The minimum Gasteiger partial charge on any atom is -0.343 e. The monoisotopic (exact) mass is 609 g/mol. The Morgan fingerprint density at radius 1 is 1.02 bits per heavy atom. The van der Waals surface area contributed by atoms with Crippen LogP contribution in [-0.2, 0) is 9.59 Å². The molecule has 3 fully saturated rings. The Balaban J connectivity index is 1.17.